The summed E-state index contributed by atoms with van der Waals surface area (Å²) in [7, 11) is 0. The first kappa shape index (κ1) is 12.2. The third-order valence-corrected chi connectivity index (χ3v) is 3.18. The summed E-state index contributed by atoms with van der Waals surface area (Å²) in [5.41, 5.74) is 0.928. The minimum Gasteiger partial charge on any atom is -0.341 e. The lowest BCUT2D eigenvalue weighted by Crippen LogP contribution is -2.21. The number of rotatable bonds is 3. The maximum absolute atomic E-state index is 5.97. The molecule has 0 radical (unpaired) electrons. The van der Waals surface area contributed by atoms with Gasteiger partial charge in [-0.2, -0.15) is 15.0 Å². The summed E-state index contributed by atoms with van der Waals surface area (Å²) in [6.07, 6.45) is 2.34. The fraction of sp³-hybridized carbons (Fsp3) is 0.308. The third kappa shape index (κ3) is 2.93. The van der Waals surface area contributed by atoms with Crippen LogP contribution < -0.4 is 10.2 Å². The van der Waals surface area contributed by atoms with E-state index in [4.69, 9.17) is 11.6 Å². The van der Waals surface area contributed by atoms with Gasteiger partial charge in [-0.15, -0.1) is 0 Å². The van der Waals surface area contributed by atoms with Crippen LogP contribution in [0, 0.1) is 0 Å². The molecule has 1 N–H and O–H groups in total. The zero-order valence-corrected chi connectivity index (χ0v) is 11.1. The predicted molar refractivity (Wildman–Crippen MR) is 76.0 cm³/mol. The van der Waals surface area contributed by atoms with Crippen molar-refractivity contribution < 1.29 is 0 Å². The lowest BCUT2D eigenvalue weighted by atomic mass is 10.3. The second kappa shape index (κ2) is 5.40. The Kier molecular flexibility index (Phi) is 3.46. The normalized spacial score (nSPS) is 14.7. The zero-order chi connectivity index (χ0) is 13.1. The number of aromatic nitrogens is 3. The van der Waals surface area contributed by atoms with Gasteiger partial charge in [0.1, 0.15) is 0 Å². The molecule has 1 aliphatic rings. The molecule has 0 amide bonds. The van der Waals surface area contributed by atoms with Crippen LogP contribution in [-0.4, -0.2) is 28.0 Å². The lowest BCUT2D eigenvalue weighted by molar-refractivity contribution is 0.883. The maximum atomic E-state index is 5.97. The predicted octanol–water partition coefficient (Wildman–Crippen LogP) is 2.87. The highest BCUT2D eigenvalue weighted by molar-refractivity contribution is 6.28. The average molecular weight is 276 g/mol. The summed E-state index contributed by atoms with van der Waals surface area (Å²) in [5.74, 6) is 1.13. The zero-order valence-electron chi connectivity index (χ0n) is 10.4. The van der Waals surface area contributed by atoms with Gasteiger partial charge in [0.25, 0.3) is 0 Å². The molecule has 0 unspecified atom stereocenters. The van der Waals surface area contributed by atoms with E-state index < -0.39 is 0 Å². The molecule has 0 saturated carbocycles. The van der Waals surface area contributed by atoms with Crippen LogP contribution in [0.4, 0.5) is 17.6 Å². The first-order valence-electron chi connectivity index (χ1n) is 6.30. The molecular formula is C13H14ClN5. The van der Waals surface area contributed by atoms with Crippen LogP contribution in [0.25, 0.3) is 0 Å². The van der Waals surface area contributed by atoms with Gasteiger partial charge in [0.2, 0.25) is 17.2 Å². The highest BCUT2D eigenvalue weighted by Crippen LogP contribution is 2.20. The summed E-state index contributed by atoms with van der Waals surface area (Å²) in [6.45, 7) is 1.95. The third-order valence-electron chi connectivity index (χ3n) is 3.02. The van der Waals surface area contributed by atoms with Crippen molar-refractivity contribution in [3.63, 3.8) is 0 Å². The Bertz CT molecular complexity index is 554. The molecule has 1 aliphatic heterocycles. The van der Waals surface area contributed by atoms with Crippen LogP contribution in [0.1, 0.15) is 12.8 Å². The number of anilines is 3. The van der Waals surface area contributed by atoms with Crippen LogP contribution in [0.15, 0.2) is 30.3 Å². The molecule has 6 heteroatoms. The fourth-order valence-electron chi connectivity index (χ4n) is 2.10. The van der Waals surface area contributed by atoms with Crippen molar-refractivity contribution >= 4 is 29.2 Å². The van der Waals surface area contributed by atoms with Crippen molar-refractivity contribution in [2.75, 3.05) is 23.3 Å². The topological polar surface area (TPSA) is 53.9 Å². The minimum atomic E-state index is 0.218. The molecule has 3 rings (SSSR count). The quantitative estimate of drug-likeness (QED) is 0.933. The van der Waals surface area contributed by atoms with Gasteiger partial charge >= 0.3 is 0 Å². The lowest BCUT2D eigenvalue weighted by Gasteiger charge is -2.15. The number of para-hydroxylation sites is 1. The molecule has 0 aliphatic carbocycles. The van der Waals surface area contributed by atoms with E-state index in [0.717, 1.165) is 18.8 Å². The van der Waals surface area contributed by atoms with Crippen molar-refractivity contribution in [1.29, 1.82) is 0 Å². The Morgan fingerprint density at radius 2 is 1.74 bits per heavy atom. The van der Waals surface area contributed by atoms with Gasteiger partial charge < -0.3 is 10.2 Å². The van der Waals surface area contributed by atoms with Crippen LogP contribution in [0.2, 0.25) is 5.28 Å². The Morgan fingerprint density at radius 3 is 2.47 bits per heavy atom. The highest BCUT2D eigenvalue weighted by atomic mass is 35.5. The van der Waals surface area contributed by atoms with Crippen molar-refractivity contribution in [3.8, 4) is 0 Å². The number of nitrogens with zero attached hydrogens (tertiary/aromatic N) is 4. The molecule has 1 saturated heterocycles. The summed E-state index contributed by atoms with van der Waals surface area (Å²) in [6, 6.07) is 9.76. The number of halogens is 1. The Labute approximate surface area is 116 Å². The van der Waals surface area contributed by atoms with E-state index in [2.05, 4.69) is 25.2 Å². The van der Waals surface area contributed by atoms with Gasteiger partial charge in [-0.05, 0) is 36.6 Å². The van der Waals surface area contributed by atoms with Crippen molar-refractivity contribution in [1.82, 2.24) is 15.0 Å². The summed E-state index contributed by atoms with van der Waals surface area (Å²) in [5, 5.41) is 3.35. The van der Waals surface area contributed by atoms with Crippen LogP contribution in [0.5, 0.6) is 0 Å². The van der Waals surface area contributed by atoms with Crippen molar-refractivity contribution in [3.05, 3.63) is 35.6 Å². The highest BCUT2D eigenvalue weighted by Gasteiger charge is 2.16. The van der Waals surface area contributed by atoms with Gasteiger partial charge in [-0.25, -0.2) is 0 Å². The Balaban J connectivity index is 1.85. The number of nitrogens with one attached hydrogen (secondary N) is 1. The van der Waals surface area contributed by atoms with Crippen molar-refractivity contribution in [2.45, 2.75) is 12.8 Å². The molecule has 2 heterocycles. The molecule has 0 atom stereocenters. The van der Waals surface area contributed by atoms with Gasteiger partial charge in [0.05, 0.1) is 0 Å². The second-order valence-electron chi connectivity index (χ2n) is 4.41. The Hall–Kier alpha value is -1.88. The first-order valence-corrected chi connectivity index (χ1v) is 6.68. The number of benzene rings is 1. The minimum absolute atomic E-state index is 0.218. The molecule has 0 spiro atoms. The van der Waals surface area contributed by atoms with E-state index >= 15 is 0 Å². The second-order valence-corrected chi connectivity index (χ2v) is 4.75. The van der Waals surface area contributed by atoms with Crippen LogP contribution >= 0.6 is 11.6 Å². The van der Waals surface area contributed by atoms with Crippen molar-refractivity contribution in [2.24, 2.45) is 0 Å². The van der Waals surface area contributed by atoms with E-state index in [0.29, 0.717) is 11.9 Å². The molecule has 1 aromatic heterocycles. The number of hydrogen-bond acceptors (Lipinski definition) is 5. The first-order chi connectivity index (χ1) is 9.31. The molecule has 19 heavy (non-hydrogen) atoms. The largest absolute Gasteiger partial charge is 0.341 e. The SMILES string of the molecule is Clc1nc(Nc2ccccc2)nc(N2CCCC2)n1. The smallest absolute Gasteiger partial charge is 0.233 e. The summed E-state index contributed by atoms with van der Waals surface area (Å²) in [4.78, 5) is 14.8. The molecular weight excluding hydrogens is 262 g/mol. The van der Waals surface area contributed by atoms with Gasteiger partial charge in [-0.1, -0.05) is 18.2 Å². The van der Waals surface area contributed by atoms with Crippen LogP contribution in [-0.2, 0) is 0 Å². The van der Waals surface area contributed by atoms with E-state index in [1.807, 2.05) is 30.3 Å². The molecule has 2 aromatic rings. The molecule has 98 valence electrons. The summed E-state index contributed by atoms with van der Waals surface area (Å²) >= 11 is 5.97. The van der Waals surface area contributed by atoms with Gasteiger partial charge in [-0.3, -0.25) is 0 Å². The fourth-order valence-corrected chi connectivity index (χ4v) is 2.26. The van der Waals surface area contributed by atoms with E-state index in [1.54, 1.807) is 0 Å². The molecule has 1 fully saturated rings. The van der Waals surface area contributed by atoms with E-state index in [9.17, 15) is 0 Å². The Morgan fingerprint density at radius 1 is 1.00 bits per heavy atom. The standard InChI is InChI=1S/C13H14ClN5/c14-11-16-12(15-10-6-2-1-3-7-10)18-13(17-11)19-8-4-5-9-19/h1-3,6-7H,4-5,8-9H2,(H,15,16,17,18). The van der Waals surface area contributed by atoms with E-state index in [1.165, 1.54) is 12.8 Å². The van der Waals surface area contributed by atoms with Gasteiger partial charge in [0.15, 0.2) is 0 Å². The molecule has 5 nitrogen and oxygen atoms in total. The van der Waals surface area contributed by atoms with Gasteiger partial charge in [0, 0.05) is 18.8 Å². The average Bonchev–Trinajstić information content (AvgIpc) is 2.93. The summed E-state index contributed by atoms with van der Waals surface area (Å²) < 4.78 is 0. The van der Waals surface area contributed by atoms with Crippen LogP contribution in [0.3, 0.4) is 0 Å². The number of hydrogen-bond donors (Lipinski definition) is 1. The monoisotopic (exact) mass is 275 g/mol. The molecule has 1 aromatic carbocycles. The molecule has 0 bridgehead atoms. The van der Waals surface area contributed by atoms with E-state index in [-0.39, 0.29) is 5.28 Å². The maximum Gasteiger partial charge on any atom is 0.233 e.